The number of nitrogens with two attached hydrogens (primary N) is 1. The van der Waals surface area contributed by atoms with Crippen LogP contribution in [0.15, 0.2) is 11.2 Å². The molecule has 4 nitrogen and oxygen atoms in total. The van der Waals surface area contributed by atoms with E-state index in [0.717, 1.165) is 6.42 Å². The molecule has 0 aliphatic rings. The second-order valence-electron chi connectivity index (χ2n) is 6.09. The quantitative estimate of drug-likeness (QED) is 0.154. The Morgan fingerprint density at radius 1 is 0.773 bits per heavy atom. The topological polar surface area (TPSA) is 62.4 Å². The Hall–Kier alpha value is -0.830. The summed E-state index contributed by atoms with van der Waals surface area (Å²) in [5.74, 6) is 7.77. The lowest BCUT2D eigenvalue weighted by Crippen LogP contribution is -2.33. The van der Waals surface area contributed by atoms with Crippen molar-refractivity contribution in [3.05, 3.63) is 6.08 Å². The minimum Gasteiger partial charge on any atom is -0.252 e. The van der Waals surface area contributed by atoms with E-state index in [9.17, 15) is 0 Å². The van der Waals surface area contributed by atoms with Gasteiger partial charge in [0.1, 0.15) is 0 Å². The van der Waals surface area contributed by atoms with Crippen LogP contribution >= 0.6 is 0 Å². The summed E-state index contributed by atoms with van der Waals surface area (Å²) >= 11 is 0. The number of hydrogen-bond acceptors (Lipinski definition) is 4. The Morgan fingerprint density at radius 3 is 1.68 bits per heavy atom. The first-order valence-electron chi connectivity index (χ1n) is 9.39. The van der Waals surface area contributed by atoms with Crippen molar-refractivity contribution in [3.8, 4) is 0 Å². The van der Waals surface area contributed by atoms with Gasteiger partial charge in [-0.15, -0.1) is 5.10 Å². The highest BCUT2D eigenvalue weighted by molar-refractivity contribution is 5.50. The minimum atomic E-state index is 1.05. The van der Waals surface area contributed by atoms with Gasteiger partial charge >= 0.3 is 0 Å². The SMILES string of the molecule is CCCCCCCCCCCCCCCCC=C=NNNN. The summed E-state index contributed by atoms with van der Waals surface area (Å²) < 4.78 is 0. The maximum Gasteiger partial charge on any atom is 0.00511 e. The second-order valence-corrected chi connectivity index (χ2v) is 6.09. The van der Waals surface area contributed by atoms with Gasteiger partial charge < -0.3 is 0 Å². The van der Waals surface area contributed by atoms with Crippen molar-refractivity contribution in [2.45, 2.75) is 103 Å². The highest BCUT2D eigenvalue weighted by Crippen LogP contribution is 2.13. The summed E-state index contributed by atoms with van der Waals surface area (Å²) in [7, 11) is 0. The number of nitrogens with zero attached hydrogens (tertiary/aromatic N) is 1. The highest BCUT2D eigenvalue weighted by Gasteiger charge is 1.93. The lowest BCUT2D eigenvalue weighted by molar-refractivity contribution is 0.536. The van der Waals surface area contributed by atoms with Gasteiger partial charge in [0.2, 0.25) is 0 Å². The lowest BCUT2D eigenvalue weighted by atomic mass is 10.0. The Labute approximate surface area is 137 Å². The zero-order valence-electron chi connectivity index (χ0n) is 14.7. The van der Waals surface area contributed by atoms with Crippen LogP contribution in [-0.2, 0) is 0 Å². The maximum absolute atomic E-state index is 4.99. The third-order valence-electron chi connectivity index (χ3n) is 3.98. The molecule has 4 heteroatoms. The van der Waals surface area contributed by atoms with E-state index in [1.54, 1.807) is 0 Å². The fourth-order valence-corrected chi connectivity index (χ4v) is 2.62. The molecule has 0 aromatic heterocycles. The van der Waals surface area contributed by atoms with Gasteiger partial charge in [0.15, 0.2) is 0 Å². The van der Waals surface area contributed by atoms with Gasteiger partial charge in [-0.25, -0.2) is 5.53 Å². The molecule has 0 atom stereocenters. The number of hydrazine groups is 2. The monoisotopic (exact) mass is 310 g/mol. The van der Waals surface area contributed by atoms with Gasteiger partial charge in [-0.2, -0.15) is 5.53 Å². The van der Waals surface area contributed by atoms with E-state index in [1.165, 1.54) is 89.9 Å². The number of allylic oxidation sites excluding steroid dienone is 1. The molecule has 0 fully saturated rings. The van der Waals surface area contributed by atoms with Crippen molar-refractivity contribution in [2.75, 3.05) is 0 Å². The Morgan fingerprint density at radius 2 is 1.23 bits per heavy atom. The van der Waals surface area contributed by atoms with Crippen LogP contribution in [0.1, 0.15) is 103 Å². The Bertz CT molecular complexity index is 260. The zero-order valence-corrected chi connectivity index (χ0v) is 14.7. The normalized spacial score (nSPS) is 10.3. The van der Waals surface area contributed by atoms with Crippen LogP contribution in [0.4, 0.5) is 0 Å². The first-order valence-corrected chi connectivity index (χ1v) is 9.39. The number of nitrogens with one attached hydrogen (secondary N) is 2. The minimum absolute atomic E-state index is 1.05. The van der Waals surface area contributed by atoms with Gasteiger partial charge in [0.05, 0.1) is 0 Å². The molecular weight excluding hydrogens is 272 g/mol. The van der Waals surface area contributed by atoms with Gasteiger partial charge in [-0.05, 0) is 18.9 Å². The van der Waals surface area contributed by atoms with Crippen LogP contribution in [0, 0.1) is 0 Å². The largest absolute Gasteiger partial charge is 0.252 e. The molecule has 0 aromatic rings. The van der Waals surface area contributed by atoms with Crippen molar-refractivity contribution in [2.24, 2.45) is 10.9 Å². The summed E-state index contributed by atoms with van der Waals surface area (Å²) in [5.41, 5.74) is 4.63. The standard InChI is InChI=1S/C18H38N4/c1-2-3-4-5-6-7-8-9-10-11-12-13-14-15-16-17-18-20-22-21-19/h17,21-22H,2-16,19H2,1H3. The number of rotatable bonds is 17. The summed E-state index contributed by atoms with van der Waals surface area (Å²) in [6.45, 7) is 2.28. The molecule has 0 aromatic carbocycles. The van der Waals surface area contributed by atoms with Crippen molar-refractivity contribution in [1.29, 1.82) is 0 Å². The molecule has 130 valence electrons. The van der Waals surface area contributed by atoms with Crippen molar-refractivity contribution >= 4 is 5.87 Å². The van der Waals surface area contributed by atoms with E-state index in [-0.39, 0.29) is 0 Å². The molecule has 22 heavy (non-hydrogen) atoms. The van der Waals surface area contributed by atoms with Crippen LogP contribution in [0.3, 0.4) is 0 Å². The fourth-order valence-electron chi connectivity index (χ4n) is 2.62. The molecule has 0 unspecified atom stereocenters. The van der Waals surface area contributed by atoms with Gasteiger partial charge in [-0.3, -0.25) is 5.84 Å². The molecule has 0 aliphatic heterocycles. The number of hydrogen-bond donors (Lipinski definition) is 3. The molecule has 0 rings (SSSR count). The molecule has 0 heterocycles. The van der Waals surface area contributed by atoms with Crippen LogP contribution < -0.4 is 16.9 Å². The number of unbranched alkanes of at least 4 members (excludes halogenated alkanes) is 14. The summed E-state index contributed by atoms with van der Waals surface area (Å²) in [4.78, 5) is 0. The molecule has 0 radical (unpaired) electrons. The predicted octanol–water partition coefficient (Wildman–Crippen LogP) is 4.97. The molecular formula is C18H38N4. The van der Waals surface area contributed by atoms with Crippen LogP contribution in [0.5, 0.6) is 0 Å². The molecule has 0 saturated heterocycles. The van der Waals surface area contributed by atoms with E-state index in [4.69, 9.17) is 5.84 Å². The predicted molar refractivity (Wildman–Crippen MR) is 97.4 cm³/mol. The smallest absolute Gasteiger partial charge is 0.00511 e. The molecule has 4 N–H and O–H groups in total. The van der Waals surface area contributed by atoms with Crippen LogP contribution in [-0.4, -0.2) is 5.87 Å². The fraction of sp³-hybridized carbons (Fsp3) is 0.889. The maximum atomic E-state index is 4.99. The van der Waals surface area contributed by atoms with E-state index in [0.29, 0.717) is 0 Å². The van der Waals surface area contributed by atoms with Crippen molar-refractivity contribution < 1.29 is 0 Å². The lowest BCUT2D eigenvalue weighted by Gasteiger charge is -2.02. The molecule has 0 bridgehead atoms. The van der Waals surface area contributed by atoms with Gasteiger partial charge in [-0.1, -0.05) is 90.4 Å². The van der Waals surface area contributed by atoms with Crippen LogP contribution in [0.2, 0.25) is 0 Å². The molecule has 0 amide bonds. The van der Waals surface area contributed by atoms with E-state index in [2.05, 4.69) is 29.0 Å². The first kappa shape index (κ1) is 21.2. The zero-order chi connectivity index (χ0) is 16.1. The van der Waals surface area contributed by atoms with Crippen molar-refractivity contribution in [3.63, 3.8) is 0 Å². The molecule has 0 aliphatic carbocycles. The van der Waals surface area contributed by atoms with E-state index < -0.39 is 0 Å². The molecule has 0 saturated carbocycles. The van der Waals surface area contributed by atoms with Gasteiger partial charge in [0.25, 0.3) is 0 Å². The average molecular weight is 311 g/mol. The van der Waals surface area contributed by atoms with E-state index >= 15 is 0 Å². The third kappa shape index (κ3) is 19.2. The van der Waals surface area contributed by atoms with Gasteiger partial charge in [0, 0.05) is 5.87 Å². The summed E-state index contributed by atoms with van der Waals surface area (Å²) in [5, 5.41) is 3.70. The highest BCUT2D eigenvalue weighted by atomic mass is 15.6. The third-order valence-corrected chi connectivity index (χ3v) is 3.98. The Balaban J connectivity index is 3.04. The second kappa shape index (κ2) is 20.2. The summed E-state index contributed by atoms with van der Waals surface area (Å²) in [6, 6.07) is 0. The summed E-state index contributed by atoms with van der Waals surface area (Å²) in [6.07, 6.45) is 22.6. The Kier molecular flexibility index (Phi) is 19.4. The first-order chi connectivity index (χ1) is 10.9. The number of hydrazone groups is 1. The average Bonchev–Trinajstić information content (AvgIpc) is 2.54. The van der Waals surface area contributed by atoms with E-state index in [1.807, 2.05) is 6.08 Å². The van der Waals surface area contributed by atoms with Crippen LogP contribution in [0.25, 0.3) is 0 Å². The van der Waals surface area contributed by atoms with Crippen molar-refractivity contribution in [1.82, 2.24) is 11.1 Å². The molecule has 0 spiro atoms.